The van der Waals surface area contributed by atoms with Crippen molar-refractivity contribution >= 4 is 40.7 Å². The summed E-state index contributed by atoms with van der Waals surface area (Å²) in [6.07, 6.45) is 0.234. The van der Waals surface area contributed by atoms with Gasteiger partial charge in [0, 0.05) is 17.7 Å². The third-order valence-corrected chi connectivity index (χ3v) is 5.55. The molecule has 3 amide bonds. The number of hydrogen-bond acceptors (Lipinski definition) is 5. The molecular weight excluding hydrogens is 429 g/mol. The van der Waals surface area contributed by atoms with Crippen molar-refractivity contribution in [2.24, 2.45) is 0 Å². The van der Waals surface area contributed by atoms with E-state index in [-0.39, 0.29) is 22.7 Å². The van der Waals surface area contributed by atoms with E-state index in [0.717, 1.165) is 23.1 Å². The molecule has 1 aliphatic rings. The van der Waals surface area contributed by atoms with E-state index in [2.05, 4.69) is 0 Å². The number of rotatable bonds is 6. The summed E-state index contributed by atoms with van der Waals surface area (Å²) in [4.78, 5) is 51.7. The van der Waals surface area contributed by atoms with Gasteiger partial charge in [0.05, 0.1) is 17.0 Å². The summed E-state index contributed by atoms with van der Waals surface area (Å²) in [7, 11) is 0. The first-order chi connectivity index (χ1) is 14.6. The maximum Gasteiger partial charge on any atom is 0.288 e. The van der Waals surface area contributed by atoms with Crippen LogP contribution >= 0.6 is 11.6 Å². The molecule has 2 unspecified atom stereocenters. The minimum absolute atomic E-state index is 0.0168. The van der Waals surface area contributed by atoms with E-state index in [0.29, 0.717) is 6.42 Å². The zero-order chi connectivity index (χ0) is 22.9. The molecule has 31 heavy (non-hydrogen) atoms. The number of carbonyl (C=O) groups excluding carboxylic acids is 3. The number of nitro benzene ring substituents is 1. The lowest BCUT2D eigenvalue weighted by atomic mass is 10.1. The van der Waals surface area contributed by atoms with Crippen molar-refractivity contribution in [1.82, 2.24) is 4.90 Å². The van der Waals surface area contributed by atoms with Crippen molar-refractivity contribution in [3.63, 3.8) is 0 Å². The van der Waals surface area contributed by atoms with E-state index in [1.165, 1.54) is 29.2 Å². The van der Waals surface area contributed by atoms with Crippen LogP contribution in [0.5, 0.6) is 0 Å². The molecule has 0 radical (unpaired) electrons. The molecule has 0 bridgehead atoms. The maximum atomic E-state index is 13.3. The molecule has 0 spiro atoms. The zero-order valence-corrected chi connectivity index (χ0v) is 17.5. The number of benzene rings is 2. The highest BCUT2D eigenvalue weighted by Crippen LogP contribution is 2.30. The first-order valence-corrected chi connectivity index (χ1v) is 9.92. The highest BCUT2D eigenvalue weighted by molar-refractivity contribution is 6.32. The fourth-order valence-corrected chi connectivity index (χ4v) is 3.66. The van der Waals surface area contributed by atoms with Crippen molar-refractivity contribution in [2.75, 3.05) is 4.90 Å². The fraction of sp³-hybridized carbons (Fsp3) is 0.286. The Labute approximate surface area is 182 Å². The Morgan fingerprint density at radius 1 is 1.29 bits per heavy atom. The lowest BCUT2D eigenvalue weighted by molar-refractivity contribution is -0.384. The van der Waals surface area contributed by atoms with Gasteiger partial charge in [0.25, 0.3) is 17.5 Å². The van der Waals surface area contributed by atoms with Crippen LogP contribution in [0.4, 0.5) is 15.8 Å². The van der Waals surface area contributed by atoms with Crippen molar-refractivity contribution in [1.29, 1.82) is 0 Å². The Bertz CT molecular complexity index is 1060. The first-order valence-electron chi connectivity index (χ1n) is 9.54. The second kappa shape index (κ2) is 8.81. The van der Waals surface area contributed by atoms with E-state index in [4.69, 9.17) is 11.6 Å². The summed E-state index contributed by atoms with van der Waals surface area (Å²) < 4.78 is 13.2. The van der Waals surface area contributed by atoms with Gasteiger partial charge in [-0.05, 0) is 49.7 Å². The Hall–Kier alpha value is -3.33. The van der Waals surface area contributed by atoms with Crippen LogP contribution in [0.25, 0.3) is 0 Å². The summed E-state index contributed by atoms with van der Waals surface area (Å²) in [5, 5.41) is 11.1. The van der Waals surface area contributed by atoms with Gasteiger partial charge in [0.15, 0.2) is 0 Å². The average molecular weight is 448 g/mol. The van der Waals surface area contributed by atoms with Gasteiger partial charge in [0.2, 0.25) is 5.91 Å². The normalized spacial score (nSPS) is 17.0. The molecule has 0 aliphatic carbocycles. The van der Waals surface area contributed by atoms with E-state index in [1.54, 1.807) is 6.92 Å². The number of halogens is 2. The number of nitrogens with zero attached hydrogens (tertiary/aromatic N) is 3. The van der Waals surface area contributed by atoms with Crippen molar-refractivity contribution in [3.8, 4) is 0 Å². The molecule has 2 atom stereocenters. The summed E-state index contributed by atoms with van der Waals surface area (Å²) >= 11 is 5.83. The third-order valence-electron chi connectivity index (χ3n) is 5.23. The van der Waals surface area contributed by atoms with Crippen LogP contribution in [0, 0.1) is 15.9 Å². The van der Waals surface area contributed by atoms with Crippen molar-refractivity contribution < 1.29 is 23.7 Å². The van der Waals surface area contributed by atoms with Gasteiger partial charge in [-0.1, -0.05) is 18.5 Å². The van der Waals surface area contributed by atoms with Crippen molar-refractivity contribution in [2.45, 2.75) is 38.8 Å². The third kappa shape index (κ3) is 4.27. The van der Waals surface area contributed by atoms with Crippen LogP contribution in [0.1, 0.15) is 37.0 Å². The molecule has 1 fully saturated rings. The quantitative estimate of drug-likeness (QED) is 0.379. The Kier molecular flexibility index (Phi) is 6.35. The average Bonchev–Trinajstić information content (AvgIpc) is 3.02. The molecule has 8 nitrogen and oxygen atoms in total. The highest BCUT2D eigenvalue weighted by atomic mass is 35.5. The molecule has 10 heteroatoms. The van der Waals surface area contributed by atoms with Crippen LogP contribution in [0.3, 0.4) is 0 Å². The van der Waals surface area contributed by atoms with Gasteiger partial charge >= 0.3 is 0 Å². The van der Waals surface area contributed by atoms with Crippen LogP contribution < -0.4 is 4.90 Å². The minimum Gasteiger partial charge on any atom is -0.323 e. The largest absolute Gasteiger partial charge is 0.323 e. The summed E-state index contributed by atoms with van der Waals surface area (Å²) in [6.45, 7) is 3.54. The molecule has 0 aromatic heterocycles. The second-order valence-electron chi connectivity index (χ2n) is 7.16. The number of imide groups is 1. The van der Waals surface area contributed by atoms with E-state index in [1.807, 2.05) is 6.92 Å². The molecule has 0 N–H and O–H groups in total. The van der Waals surface area contributed by atoms with Gasteiger partial charge in [-0.25, -0.2) is 9.29 Å². The summed E-state index contributed by atoms with van der Waals surface area (Å²) in [6, 6.07) is 7.00. The molecule has 1 heterocycles. The van der Waals surface area contributed by atoms with Gasteiger partial charge in [-0.15, -0.1) is 0 Å². The van der Waals surface area contributed by atoms with E-state index in [9.17, 15) is 28.9 Å². The molecule has 2 aromatic carbocycles. The number of amides is 3. The minimum atomic E-state index is -1.09. The first kappa shape index (κ1) is 22.4. The lowest BCUT2D eigenvalue weighted by Crippen LogP contribution is -2.49. The molecule has 2 aromatic rings. The second-order valence-corrected chi connectivity index (χ2v) is 7.56. The standard InChI is InChI=1S/C21H19ClFN3O5/c1-3-12(2)24(20(28)13-4-9-16(22)17(10-13)26(30)31)18-11-19(27)25(21(18)29)15-7-5-14(23)6-8-15/h4-10,12,18H,3,11H2,1-2H3. The smallest absolute Gasteiger partial charge is 0.288 e. The number of anilines is 1. The predicted molar refractivity (Wildman–Crippen MR) is 111 cm³/mol. The van der Waals surface area contributed by atoms with E-state index < -0.39 is 46.2 Å². The number of nitro groups is 1. The highest BCUT2D eigenvalue weighted by Gasteiger charge is 2.45. The molecule has 162 valence electrons. The summed E-state index contributed by atoms with van der Waals surface area (Å²) in [5.41, 5.74) is -0.243. The van der Waals surface area contributed by atoms with Gasteiger partial charge in [-0.3, -0.25) is 24.5 Å². The predicted octanol–water partition coefficient (Wildman–Crippen LogP) is 3.96. The molecule has 0 saturated carbocycles. The van der Waals surface area contributed by atoms with Crippen LogP contribution in [0.2, 0.25) is 5.02 Å². The number of hydrogen-bond donors (Lipinski definition) is 0. The SMILES string of the molecule is CCC(C)N(C(=O)c1ccc(Cl)c([N+](=O)[O-])c1)C1CC(=O)N(c2ccc(F)cc2)C1=O. The van der Waals surface area contributed by atoms with Crippen LogP contribution in [0.15, 0.2) is 42.5 Å². The number of carbonyl (C=O) groups is 3. The monoisotopic (exact) mass is 447 g/mol. The van der Waals surface area contributed by atoms with Crippen LogP contribution in [-0.2, 0) is 9.59 Å². The Morgan fingerprint density at radius 2 is 1.94 bits per heavy atom. The van der Waals surface area contributed by atoms with Gasteiger partial charge in [-0.2, -0.15) is 0 Å². The van der Waals surface area contributed by atoms with Gasteiger partial charge in [0.1, 0.15) is 16.9 Å². The summed E-state index contributed by atoms with van der Waals surface area (Å²) in [5.74, 6) is -2.28. The molecule has 1 saturated heterocycles. The topological polar surface area (TPSA) is 101 Å². The molecule has 1 aliphatic heterocycles. The van der Waals surface area contributed by atoms with E-state index >= 15 is 0 Å². The Balaban J connectivity index is 1.98. The zero-order valence-electron chi connectivity index (χ0n) is 16.7. The van der Waals surface area contributed by atoms with Crippen LogP contribution in [-0.4, -0.2) is 39.6 Å². The maximum absolute atomic E-state index is 13.3. The molecule has 3 rings (SSSR count). The molecular formula is C21H19ClFN3O5. The fourth-order valence-electron chi connectivity index (χ4n) is 3.47. The van der Waals surface area contributed by atoms with Gasteiger partial charge < -0.3 is 4.90 Å². The van der Waals surface area contributed by atoms with Crippen molar-refractivity contribution in [3.05, 3.63) is 69.0 Å². The lowest BCUT2D eigenvalue weighted by Gasteiger charge is -2.33. The Morgan fingerprint density at radius 3 is 2.52 bits per heavy atom.